The highest BCUT2D eigenvalue weighted by atomic mass is 16.6. The van der Waals surface area contributed by atoms with Crippen LogP contribution in [0.4, 0.5) is 0 Å². The van der Waals surface area contributed by atoms with Crippen molar-refractivity contribution in [1.29, 1.82) is 0 Å². The topological polar surface area (TPSA) is 78.9 Å². The minimum absolute atomic E-state index is 0.0890. The second-order valence-electron chi connectivity index (χ2n) is 17.4. The fraction of sp³-hybridized carbons (Fsp3) is 0.650. The van der Waals surface area contributed by atoms with Crippen LogP contribution >= 0.6 is 0 Å². The van der Waals surface area contributed by atoms with Gasteiger partial charge < -0.3 is 14.2 Å². The van der Waals surface area contributed by atoms with Crippen LogP contribution in [0, 0.1) is 0 Å². The Bertz CT molecular complexity index is 1370. The van der Waals surface area contributed by atoms with Crippen LogP contribution in [0.1, 0.15) is 233 Å². The van der Waals surface area contributed by atoms with E-state index in [1.54, 1.807) is 6.08 Å². The van der Waals surface area contributed by atoms with Crippen LogP contribution < -0.4 is 0 Å². The Hall–Kier alpha value is -3.93. The molecule has 0 rings (SSSR count). The van der Waals surface area contributed by atoms with Gasteiger partial charge in [0.1, 0.15) is 13.2 Å². The highest BCUT2D eigenvalue weighted by molar-refractivity contribution is 5.72. The molecule has 66 heavy (non-hydrogen) atoms. The second-order valence-corrected chi connectivity index (χ2v) is 17.4. The quantitative estimate of drug-likeness (QED) is 0.0262. The number of unbranched alkanes of at least 4 members (excludes halogenated alkanes) is 19. The number of ether oxygens (including phenoxy) is 3. The molecule has 0 heterocycles. The number of carbonyl (C=O) groups is 3. The van der Waals surface area contributed by atoms with E-state index < -0.39 is 12.1 Å². The van der Waals surface area contributed by atoms with E-state index >= 15 is 0 Å². The molecule has 0 spiro atoms. The molecule has 0 aliphatic carbocycles. The molecule has 0 aliphatic rings. The molecule has 0 aromatic heterocycles. The first-order chi connectivity index (χ1) is 32.5. The van der Waals surface area contributed by atoms with Gasteiger partial charge in [-0.1, -0.05) is 214 Å². The lowest BCUT2D eigenvalue weighted by Gasteiger charge is -2.18. The molecule has 0 saturated carbocycles. The molecular weight excluding hydrogens is 817 g/mol. The Labute approximate surface area is 406 Å². The van der Waals surface area contributed by atoms with Gasteiger partial charge in [0.25, 0.3) is 0 Å². The van der Waals surface area contributed by atoms with Crippen molar-refractivity contribution >= 4 is 17.9 Å². The van der Waals surface area contributed by atoms with Crippen molar-refractivity contribution in [2.24, 2.45) is 0 Å². The van der Waals surface area contributed by atoms with E-state index in [0.717, 1.165) is 103 Å². The van der Waals surface area contributed by atoms with Gasteiger partial charge in [-0.25, -0.2) is 0 Å². The lowest BCUT2D eigenvalue weighted by atomic mass is 10.1. The van der Waals surface area contributed by atoms with Crippen molar-refractivity contribution in [2.75, 3.05) is 13.2 Å². The van der Waals surface area contributed by atoms with Crippen molar-refractivity contribution < 1.29 is 28.6 Å². The smallest absolute Gasteiger partial charge is 0.310 e. The minimum atomic E-state index is -0.843. The molecule has 374 valence electrons. The molecule has 0 aromatic rings. The maximum Gasteiger partial charge on any atom is 0.310 e. The SMILES string of the molecule is CC/C=C\C/C=C\C/C=C\C/C=C\C/C=C\CC(=O)OC(COC(=O)CCCCCCC/C=C\CCCCCCC)COC(=O)CCCCCCCC/C=C\C/C=C\C/C=C\CCCCC. The first-order valence-electron chi connectivity index (χ1n) is 26.9. The van der Waals surface area contributed by atoms with E-state index in [0.29, 0.717) is 19.3 Å². The zero-order valence-electron chi connectivity index (χ0n) is 42.7. The molecule has 0 fully saturated rings. The summed E-state index contributed by atoms with van der Waals surface area (Å²) in [6, 6.07) is 0. The number of esters is 3. The van der Waals surface area contributed by atoms with Crippen molar-refractivity contribution in [3.05, 3.63) is 109 Å². The lowest BCUT2D eigenvalue weighted by Crippen LogP contribution is -2.30. The van der Waals surface area contributed by atoms with Gasteiger partial charge in [0, 0.05) is 12.8 Å². The summed E-state index contributed by atoms with van der Waals surface area (Å²) < 4.78 is 16.7. The summed E-state index contributed by atoms with van der Waals surface area (Å²) in [6.45, 7) is 6.38. The normalized spacial score (nSPS) is 13.0. The summed E-state index contributed by atoms with van der Waals surface area (Å²) in [4.78, 5) is 38.0. The van der Waals surface area contributed by atoms with Crippen LogP contribution in [0.2, 0.25) is 0 Å². The summed E-state index contributed by atoms with van der Waals surface area (Å²) in [6.07, 6.45) is 72.4. The molecule has 0 aromatic carbocycles. The van der Waals surface area contributed by atoms with Gasteiger partial charge in [-0.05, 0) is 109 Å². The molecule has 6 nitrogen and oxygen atoms in total. The molecule has 1 unspecified atom stereocenters. The standard InChI is InChI=1S/C60H98O6/c1-4-7-10-13-16-19-22-25-28-29-30-31-33-35-38-41-44-47-50-53-59(62)65-56-57(55-64-58(61)52-49-46-43-40-37-34-27-24-21-18-15-12-9-6-3)66-60(63)54-51-48-45-42-39-36-32-26-23-20-17-14-11-8-5-2/h8,11,16-17,19-20,24-28,30-32,39,42,48,51,57H,4-7,9-10,12-15,18,21-23,29,33-38,40-41,43-47,49-50,52-56H2,1-3H3/b11-8-,19-16-,20-17-,27-24-,28-25-,31-30-,32-26-,42-39-,51-48-. The summed E-state index contributed by atoms with van der Waals surface area (Å²) in [5.41, 5.74) is 0. The molecule has 0 aliphatic heterocycles. The van der Waals surface area contributed by atoms with E-state index in [4.69, 9.17) is 14.2 Å². The third-order valence-electron chi connectivity index (χ3n) is 11.0. The first-order valence-corrected chi connectivity index (χ1v) is 26.9. The molecule has 0 bridgehead atoms. The van der Waals surface area contributed by atoms with Crippen molar-refractivity contribution in [3.63, 3.8) is 0 Å². The minimum Gasteiger partial charge on any atom is -0.462 e. The third kappa shape index (κ3) is 51.1. The highest BCUT2D eigenvalue weighted by Gasteiger charge is 2.19. The van der Waals surface area contributed by atoms with E-state index in [-0.39, 0.29) is 31.6 Å². The fourth-order valence-corrected chi connectivity index (χ4v) is 6.99. The molecule has 6 heteroatoms. The lowest BCUT2D eigenvalue weighted by molar-refractivity contribution is -0.166. The zero-order chi connectivity index (χ0) is 47.9. The Balaban J connectivity index is 4.53. The monoisotopic (exact) mass is 915 g/mol. The van der Waals surface area contributed by atoms with Gasteiger partial charge in [-0.15, -0.1) is 0 Å². The van der Waals surface area contributed by atoms with Crippen molar-refractivity contribution in [3.8, 4) is 0 Å². The number of allylic oxidation sites excluding steroid dienone is 17. The Morgan fingerprint density at radius 1 is 0.333 bits per heavy atom. The number of carbonyl (C=O) groups excluding carboxylic acids is 3. The molecule has 0 N–H and O–H groups in total. The van der Waals surface area contributed by atoms with Gasteiger partial charge in [0.05, 0.1) is 6.42 Å². The van der Waals surface area contributed by atoms with E-state index in [9.17, 15) is 14.4 Å². The molecule has 0 amide bonds. The maximum atomic E-state index is 12.8. The molecule has 0 radical (unpaired) electrons. The summed E-state index contributed by atoms with van der Waals surface area (Å²) in [5, 5.41) is 0. The summed E-state index contributed by atoms with van der Waals surface area (Å²) in [7, 11) is 0. The van der Waals surface area contributed by atoms with Gasteiger partial charge in [0.15, 0.2) is 6.10 Å². The largest absolute Gasteiger partial charge is 0.462 e. The third-order valence-corrected chi connectivity index (χ3v) is 11.0. The average molecular weight is 915 g/mol. The van der Waals surface area contributed by atoms with Crippen LogP contribution in [0.3, 0.4) is 0 Å². The second kappa shape index (κ2) is 53.7. The predicted octanol–water partition coefficient (Wildman–Crippen LogP) is 17.9. The van der Waals surface area contributed by atoms with Crippen LogP contribution in [0.25, 0.3) is 0 Å². The van der Waals surface area contributed by atoms with Crippen LogP contribution in [-0.4, -0.2) is 37.2 Å². The van der Waals surface area contributed by atoms with Gasteiger partial charge in [0.2, 0.25) is 0 Å². The Morgan fingerprint density at radius 2 is 0.636 bits per heavy atom. The van der Waals surface area contributed by atoms with Crippen LogP contribution in [0.5, 0.6) is 0 Å². The van der Waals surface area contributed by atoms with E-state index in [1.807, 2.05) is 6.08 Å². The fourth-order valence-electron chi connectivity index (χ4n) is 6.99. The van der Waals surface area contributed by atoms with Crippen LogP contribution in [0.15, 0.2) is 109 Å². The average Bonchev–Trinajstić information content (AvgIpc) is 3.31. The maximum absolute atomic E-state index is 12.8. The number of hydrogen-bond acceptors (Lipinski definition) is 6. The van der Waals surface area contributed by atoms with Crippen molar-refractivity contribution in [1.82, 2.24) is 0 Å². The van der Waals surface area contributed by atoms with Crippen LogP contribution in [-0.2, 0) is 28.6 Å². The highest BCUT2D eigenvalue weighted by Crippen LogP contribution is 2.13. The number of hydrogen-bond donors (Lipinski definition) is 0. The van der Waals surface area contributed by atoms with E-state index in [2.05, 4.69) is 118 Å². The molecule has 1 atom stereocenters. The number of rotatable bonds is 47. The van der Waals surface area contributed by atoms with Gasteiger partial charge >= 0.3 is 17.9 Å². The molecular formula is C60H98O6. The summed E-state index contributed by atoms with van der Waals surface area (Å²) >= 11 is 0. The predicted molar refractivity (Wildman–Crippen MR) is 283 cm³/mol. The van der Waals surface area contributed by atoms with Gasteiger partial charge in [-0.3, -0.25) is 14.4 Å². The Morgan fingerprint density at radius 3 is 1.05 bits per heavy atom. The first kappa shape index (κ1) is 62.1. The summed E-state index contributed by atoms with van der Waals surface area (Å²) in [5.74, 6) is -1.08. The van der Waals surface area contributed by atoms with Crippen molar-refractivity contribution in [2.45, 2.75) is 239 Å². The molecule has 0 saturated heterocycles. The zero-order valence-corrected chi connectivity index (χ0v) is 42.7. The van der Waals surface area contributed by atoms with E-state index in [1.165, 1.54) is 83.5 Å². The Kier molecular flexibility index (Phi) is 50.5. The van der Waals surface area contributed by atoms with Gasteiger partial charge in [-0.2, -0.15) is 0 Å².